The van der Waals surface area contributed by atoms with Gasteiger partial charge in [0.1, 0.15) is 17.3 Å². The van der Waals surface area contributed by atoms with Crippen molar-refractivity contribution in [2.45, 2.75) is 37.9 Å². The Hall–Kier alpha value is -3.63. The molecule has 0 spiro atoms. The van der Waals surface area contributed by atoms with Gasteiger partial charge in [-0.15, -0.1) is 0 Å². The number of para-hydroxylation sites is 2. The summed E-state index contributed by atoms with van der Waals surface area (Å²) in [5.74, 6) is 2.59. The van der Waals surface area contributed by atoms with E-state index in [1.807, 2.05) is 60.1 Å². The summed E-state index contributed by atoms with van der Waals surface area (Å²) in [5, 5.41) is 12.6. The van der Waals surface area contributed by atoms with Gasteiger partial charge in [-0.25, -0.2) is 14.6 Å². The highest BCUT2D eigenvalue weighted by molar-refractivity contribution is 7.99. The van der Waals surface area contributed by atoms with Gasteiger partial charge in [-0.3, -0.25) is 4.79 Å². The molecule has 2 aromatic heterocycles. The van der Waals surface area contributed by atoms with Gasteiger partial charge in [0.15, 0.2) is 10.8 Å². The summed E-state index contributed by atoms with van der Waals surface area (Å²) in [4.78, 5) is 23.0. The molecule has 2 N–H and O–H groups in total. The van der Waals surface area contributed by atoms with Crippen molar-refractivity contribution >= 4 is 34.5 Å². The molecule has 0 radical (unpaired) electrons. The van der Waals surface area contributed by atoms with Gasteiger partial charge in [-0.2, -0.15) is 5.10 Å². The molecule has 2 aromatic carbocycles. The van der Waals surface area contributed by atoms with E-state index in [0.717, 1.165) is 40.2 Å². The van der Waals surface area contributed by atoms with Crippen molar-refractivity contribution in [2.24, 2.45) is 0 Å². The number of ether oxygens (including phenoxy) is 2. The topological polar surface area (TPSA) is 103 Å². The van der Waals surface area contributed by atoms with Crippen LogP contribution in [0.15, 0.2) is 59.9 Å². The molecule has 1 amide bonds. The lowest BCUT2D eigenvalue weighted by Gasteiger charge is -2.27. The normalized spacial score (nSPS) is 12.6. The molecule has 4 aromatic rings. The van der Waals surface area contributed by atoms with Crippen molar-refractivity contribution in [3.63, 3.8) is 0 Å². The SMILES string of the molecule is CCCSc1nc(NCCOCC)c2cnn(CCNC(=O)C3c4ccccc4Oc4ccccc43)c2n1. The molecule has 0 atom stereocenters. The molecule has 0 bridgehead atoms. The fourth-order valence-electron chi connectivity index (χ4n) is 4.46. The lowest BCUT2D eigenvalue weighted by atomic mass is 9.87. The van der Waals surface area contributed by atoms with E-state index in [9.17, 15) is 4.79 Å². The molecule has 0 fully saturated rings. The first kappa shape index (κ1) is 26.0. The summed E-state index contributed by atoms with van der Waals surface area (Å²) < 4.78 is 13.3. The van der Waals surface area contributed by atoms with Crippen molar-refractivity contribution < 1.29 is 14.3 Å². The van der Waals surface area contributed by atoms with E-state index in [4.69, 9.17) is 19.4 Å². The summed E-state index contributed by atoms with van der Waals surface area (Å²) in [5.41, 5.74) is 2.47. The molecule has 0 unspecified atom stereocenters. The highest BCUT2D eigenvalue weighted by Crippen LogP contribution is 2.43. The van der Waals surface area contributed by atoms with E-state index >= 15 is 0 Å². The maximum absolute atomic E-state index is 13.5. The summed E-state index contributed by atoms with van der Waals surface area (Å²) in [6.45, 7) is 6.92. The van der Waals surface area contributed by atoms with Crippen LogP contribution in [0.25, 0.3) is 11.0 Å². The highest BCUT2D eigenvalue weighted by Gasteiger charge is 2.32. The first-order chi connectivity index (χ1) is 18.7. The third-order valence-electron chi connectivity index (χ3n) is 6.22. The van der Waals surface area contributed by atoms with Crippen molar-refractivity contribution in [1.29, 1.82) is 0 Å². The average molecular weight is 533 g/mol. The Morgan fingerprint density at radius 1 is 1.05 bits per heavy atom. The highest BCUT2D eigenvalue weighted by atomic mass is 32.2. The van der Waals surface area contributed by atoms with Crippen LogP contribution in [0.4, 0.5) is 5.82 Å². The molecular weight excluding hydrogens is 500 g/mol. The zero-order valence-electron chi connectivity index (χ0n) is 21.6. The fourth-order valence-corrected chi connectivity index (χ4v) is 5.15. The van der Waals surface area contributed by atoms with Crippen LogP contribution in [-0.4, -0.2) is 57.7 Å². The number of thioether (sulfide) groups is 1. The molecule has 3 heterocycles. The second kappa shape index (κ2) is 12.3. The van der Waals surface area contributed by atoms with Gasteiger partial charge in [0, 0.05) is 36.6 Å². The lowest BCUT2D eigenvalue weighted by molar-refractivity contribution is -0.121. The van der Waals surface area contributed by atoms with Crippen LogP contribution in [0.1, 0.15) is 37.3 Å². The summed E-state index contributed by atoms with van der Waals surface area (Å²) >= 11 is 1.62. The number of carbonyl (C=O) groups excluding carboxylic acids is 1. The minimum Gasteiger partial charge on any atom is -0.457 e. The number of nitrogens with one attached hydrogen (secondary N) is 2. The van der Waals surface area contributed by atoms with Crippen molar-refractivity contribution in [3.05, 3.63) is 65.9 Å². The predicted octanol–water partition coefficient (Wildman–Crippen LogP) is 4.83. The van der Waals surface area contributed by atoms with Crippen LogP contribution >= 0.6 is 11.8 Å². The number of amides is 1. The van der Waals surface area contributed by atoms with Crippen LogP contribution in [0, 0.1) is 0 Å². The number of aromatic nitrogens is 4. The minimum absolute atomic E-state index is 0.0724. The molecule has 9 nitrogen and oxygen atoms in total. The van der Waals surface area contributed by atoms with Crippen molar-refractivity contribution in [3.8, 4) is 11.5 Å². The number of rotatable bonds is 12. The molecule has 0 saturated heterocycles. The van der Waals surface area contributed by atoms with Crippen LogP contribution < -0.4 is 15.4 Å². The van der Waals surface area contributed by atoms with Gasteiger partial charge < -0.3 is 20.1 Å². The number of nitrogens with zero attached hydrogens (tertiary/aromatic N) is 4. The Kier molecular flexibility index (Phi) is 8.40. The predicted molar refractivity (Wildman–Crippen MR) is 149 cm³/mol. The van der Waals surface area contributed by atoms with E-state index in [2.05, 4.69) is 22.7 Å². The van der Waals surface area contributed by atoms with E-state index in [1.165, 1.54) is 0 Å². The second-order valence-electron chi connectivity index (χ2n) is 8.83. The van der Waals surface area contributed by atoms with Gasteiger partial charge in [-0.1, -0.05) is 55.1 Å². The van der Waals surface area contributed by atoms with Crippen LogP contribution in [0.3, 0.4) is 0 Å². The smallest absolute Gasteiger partial charge is 0.232 e. The Bertz CT molecular complexity index is 1360. The third kappa shape index (κ3) is 5.61. The van der Waals surface area contributed by atoms with E-state index < -0.39 is 5.92 Å². The maximum atomic E-state index is 13.5. The van der Waals surface area contributed by atoms with Gasteiger partial charge in [0.25, 0.3) is 0 Å². The molecular formula is C28H32N6O3S. The van der Waals surface area contributed by atoms with Crippen LogP contribution in [-0.2, 0) is 16.1 Å². The number of carbonyl (C=O) groups is 1. The van der Waals surface area contributed by atoms with Gasteiger partial charge in [0.05, 0.1) is 30.7 Å². The number of hydrogen-bond donors (Lipinski definition) is 2. The number of fused-ring (bicyclic) bond motifs is 3. The maximum Gasteiger partial charge on any atom is 0.232 e. The zero-order valence-corrected chi connectivity index (χ0v) is 22.5. The van der Waals surface area contributed by atoms with Crippen molar-refractivity contribution in [2.75, 3.05) is 37.4 Å². The molecule has 38 heavy (non-hydrogen) atoms. The molecule has 1 aliphatic heterocycles. The molecule has 1 aliphatic rings. The Morgan fingerprint density at radius 3 is 2.50 bits per heavy atom. The Morgan fingerprint density at radius 2 is 1.79 bits per heavy atom. The minimum atomic E-state index is -0.439. The lowest BCUT2D eigenvalue weighted by Crippen LogP contribution is -2.33. The van der Waals surface area contributed by atoms with Gasteiger partial charge in [-0.05, 0) is 25.5 Å². The van der Waals surface area contributed by atoms with Crippen LogP contribution in [0.5, 0.6) is 11.5 Å². The second-order valence-corrected chi connectivity index (χ2v) is 9.90. The first-order valence-electron chi connectivity index (χ1n) is 13.0. The number of hydrogen-bond acceptors (Lipinski definition) is 8. The largest absolute Gasteiger partial charge is 0.457 e. The average Bonchev–Trinajstić information content (AvgIpc) is 3.35. The fraction of sp³-hybridized carbons (Fsp3) is 0.357. The standard InChI is InChI=1S/C28H32N6O3S/c1-3-17-38-28-32-25(29-14-16-36-4-2)21-18-31-34(26(21)33-28)15-13-30-27(35)24-19-9-5-7-11-22(19)37-23-12-8-6-10-20(23)24/h5-12,18,24H,3-4,13-17H2,1-2H3,(H,30,35)(H,29,32,33). The van der Waals surface area contributed by atoms with Crippen LogP contribution in [0.2, 0.25) is 0 Å². The molecule has 5 rings (SSSR count). The number of anilines is 1. The summed E-state index contributed by atoms with van der Waals surface area (Å²) in [6.07, 6.45) is 2.81. The van der Waals surface area contributed by atoms with Gasteiger partial charge >= 0.3 is 0 Å². The van der Waals surface area contributed by atoms with E-state index in [1.54, 1.807) is 18.0 Å². The van der Waals surface area contributed by atoms with E-state index in [-0.39, 0.29) is 5.91 Å². The summed E-state index contributed by atoms with van der Waals surface area (Å²) in [6, 6.07) is 15.4. The zero-order chi connectivity index (χ0) is 26.3. The molecule has 0 aliphatic carbocycles. The first-order valence-corrected chi connectivity index (χ1v) is 14.0. The monoisotopic (exact) mass is 532 g/mol. The van der Waals surface area contributed by atoms with Gasteiger partial charge in [0.2, 0.25) is 5.91 Å². The van der Waals surface area contributed by atoms with E-state index in [0.29, 0.717) is 49.5 Å². The van der Waals surface area contributed by atoms with Crippen molar-refractivity contribution in [1.82, 2.24) is 25.1 Å². The third-order valence-corrected chi connectivity index (χ3v) is 7.27. The summed E-state index contributed by atoms with van der Waals surface area (Å²) in [7, 11) is 0. The molecule has 198 valence electrons. The number of benzene rings is 2. The molecule has 10 heteroatoms. The Labute approximate surface area is 226 Å². The molecule has 0 saturated carbocycles. The Balaban J connectivity index is 1.32. The quantitative estimate of drug-likeness (QED) is 0.152.